The first-order valence-corrected chi connectivity index (χ1v) is 10.6. The molecule has 1 saturated carbocycles. The SMILES string of the molecule is Cc1cc(C)c(S(=O)(=O)N(C)Cc2ccc(C(=O)NC3CC3)cc2)c(C)c1. The summed E-state index contributed by atoms with van der Waals surface area (Å²) < 4.78 is 27.5. The maximum atomic E-state index is 13.1. The number of rotatable bonds is 6. The van der Waals surface area contributed by atoms with Crippen LogP contribution in [0.1, 0.15) is 45.5 Å². The van der Waals surface area contributed by atoms with Gasteiger partial charge in [-0.1, -0.05) is 29.8 Å². The first-order chi connectivity index (χ1) is 12.7. The van der Waals surface area contributed by atoms with Crippen molar-refractivity contribution in [1.29, 1.82) is 0 Å². The maximum Gasteiger partial charge on any atom is 0.251 e. The molecule has 144 valence electrons. The van der Waals surface area contributed by atoms with Gasteiger partial charge in [0.15, 0.2) is 0 Å². The van der Waals surface area contributed by atoms with Crippen LogP contribution in [0.2, 0.25) is 0 Å². The zero-order valence-corrected chi connectivity index (χ0v) is 17.1. The third-order valence-electron chi connectivity index (χ3n) is 4.81. The molecule has 0 unspecified atom stereocenters. The van der Waals surface area contributed by atoms with Gasteiger partial charge in [0.2, 0.25) is 10.0 Å². The van der Waals surface area contributed by atoms with Gasteiger partial charge in [0, 0.05) is 25.2 Å². The quantitative estimate of drug-likeness (QED) is 0.828. The zero-order chi connectivity index (χ0) is 19.8. The van der Waals surface area contributed by atoms with Gasteiger partial charge >= 0.3 is 0 Å². The summed E-state index contributed by atoms with van der Waals surface area (Å²) in [5, 5.41) is 2.95. The van der Waals surface area contributed by atoms with Crippen LogP contribution in [0.15, 0.2) is 41.3 Å². The fourth-order valence-electron chi connectivity index (χ4n) is 3.33. The minimum atomic E-state index is -3.60. The van der Waals surface area contributed by atoms with Gasteiger partial charge in [-0.25, -0.2) is 8.42 Å². The Balaban J connectivity index is 1.76. The summed E-state index contributed by atoms with van der Waals surface area (Å²) in [5.74, 6) is -0.0732. The van der Waals surface area contributed by atoms with Crippen LogP contribution in [-0.2, 0) is 16.6 Å². The molecule has 0 aliphatic heterocycles. The van der Waals surface area contributed by atoms with Crippen molar-refractivity contribution in [3.63, 3.8) is 0 Å². The number of benzene rings is 2. The second-order valence-electron chi connectivity index (χ2n) is 7.43. The van der Waals surface area contributed by atoms with Gasteiger partial charge in [0.1, 0.15) is 0 Å². The van der Waals surface area contributed by atoms with Gasteiger partial charge in [-0.05, 0) is 62.4 Å². The standard InChI is InChI=1S/C21H26N2O3S/c1-14-11-15(2)20(16(3)12-14)27(25,26)23(4)13-17-5-7-18(8-6-17)21(24)22-19-9-10-19/h5-8,11-12,19H,9-10,13H2,1-4H3,(H,22,24). The molecule has 1 fully saturated rings. The number of hydrogen-bond donors (Lipinski definition) is 1. The highest BCUT2D eigenvalue weighted by Crippen LogP contribution is 2.25. The van der Waals surface area contributed by atoms with Crippen LogP contribution in [0.5, 0.6) is 0 Å². The van der Waals surface area contributed by atoms with Gasteiger partial charge in [-0.15, -0.1) is 0 Å². The highest BCUT2D eigenvalue weighted by molar-refractivity contribution is 7.89. The first kappa shape index (κ1) is 19.6. The molecule has 6 heteroatoms. The maximum absolute atomic E-state index is 13.1. The van der Waals surface area contributed by atoms with E-state index in [0.29, 0.717) is 16.5 Å². The fraction of sp³-hybridized carbons (Fsp3) is 0.381. The van der Waals surface area contributed by atoms with Gasteiger partial charge < -0.3 is 5.32 Å². The normalized spacial score (nSPS) is 14.4. The second kappa shape index (κ2) is 7.44. The molecule has 5 nitrogen and oxygen atoms in total. The van der Waals surface area contributed by atoms with E-state index < -0.39 is 10.0 Å². The van der Waals surface area contributed by atoms with Gasteiger partial charge in [0.05, 0.1) is 4.90 Å². The summed E-state index contributed by atoms with van der Waals surface area (Å²) >= 11 is 0. The molecule has 1 amide bonds. The van der Waals surface area contributed by atoms with Crippen LogP contribution in [0.25, 0.3) is 0 Å². The van der Waals surface area contributed by atoms with E-state index in [9.17, 15) is 13.2 Å². The number of carbonyl (C=O) groups excluding carboxylic acids is 1. The van der Waals surface area contributed by atoms with Crippen LogP contribution in [0.3, 0.4) is 0 Å². The van der Waals surface area contributed by atoms with Crippen molar-refractivity contribution in [3.05, 3.63) is 64.2 Å². The molecule has 0 radical (unpaired) electrons. The number of carbonyl (C=O) groups is 1. The van der Waals surface area contributed by atoms with Crippen molar-refractivity contribution in [3.8, 4) is 0 Å². The molecule has 0 aromatic heterocycles. The van der Waals surface area contributed by atoms with Crippen molar-refractivity contribution in [1.82, 2.24) is 9.62 Å². The number of hydrogen-bond acceptors (Lipinski definition) is 3. The Hall–Kier alpha value is -2.18. The molecule has 0 saturated heterocycles. The predicted molar refractivity (Wildman–Crippen MR) is 106 cm³/mol. The smallest absolute Gasteiger partial charge is 0.251 e. The van der Waals surface area contributed by atoms with E-state index in [1.165, 1.54) is 4.31 Å². The molecule has 0 spiro atoms. The van der Waals surface area contributed by atoms with Crippen molar-refractivity contribution < 1.29 is 13.2 Å². The van der Waals surface area contributed by atoms with E-state index in [1.807, 2.05) is 45.0 Å². The van der Waals surface area contributed by atoms with Crippen LogP contribution in [0, 0.1) is 20.8 Å². The van der Waals surface area contributed by atoms with Crippen LogP contribution in [-0.4, -0.2) is 31.7 Å². The Labute approximate surface area is 161 Å². The third-order valence-corrected chi connectivity index (χ3v) is 6.92. The highest BCUT2D eigenvalue weighted by atomic mass is 32.2. The molecule has 2 aromatic rings. The number of sulfonamides is 1. The topological polar surface area (TPSA) is 66.5 Å². The molecule has 27 heavy (non-hydrogen) atoms. The van der Waals surface area contributed by atoms with Crippen molar-refractivity contribution in [2.75, 3.05) is 7.05 Å². The lowest BCUT2D eigenvalue weighted by Gasteiger charge is -2.20. The lowest BCUT2D eigenvalue weighted by Crippen LogP contribution is -2.28. The van der Waals surface area contributed by atoms with E-state index in [-0.39, 0.29) is 12.5 Å². The Kier molecular flexibility index (Phi) is 5.40. The minimum Gasteiger partial charge on any atom is -0.349 e. The fourth-order valence-corrected chi connectivity index (χ4v) is 4.89. The molecule has 1 aliphatic carbocycles. The Morgan fingerprint density at radius 2 is 1.63 bits per heavy atom. The molecule has 1 N–H and O–H groups in total. The number of nitrogens with zero attached hydrogens (tertiary/aromatic N) is 1. The second-order valence-corrected chi connectivity index (χ2v) is 9.42. The van der Waals surface area contributed by atoms with Crippen LogP contribution in [0.4, 0.5) is 0 Å². The zero-order valence-electron chi connectivity index (χ0n) is 16.2. The summed E-state index contributed by atoms with van der Waals surface area (Å²) in [6.45, 7) is 5.86. The number of amides is 1. The van der Waals surface area contributed by atoms with Crippen LogP contribution >= 0.6 is 0 Å². The summed E-state index contributed by atoms with van der Waals surface area (Å²) in [5.41, 5.74) is 4.00. The summed E-state index contributed by atoms with van der Waals surface area (Å²) in [6.07, 6.45) is 2.09. The average Bonchev–Trinajstić information content (AvgIpc) is 3.38. The molecule has 0 bridgehead atoms. The predicted octanol–water partition coefficient (Wildman–Crippen LogP) is 3.32. The van der Waals surface area contributed by atoms with Gasteiger partial charge in [-0.2, -0.15) is 4.31 Å². The molecular weight excluding hydrogens is 360 g/mol. The molecule has 1 aliphatic rings. The van der Waals surface area contributed by atoms with Crippen molar-refractivity contribution >= 4 is 15.9 Å². The van der Waals surface area contributed by atoms with E-state index in [4.69, 9.17) is 0 Å². The first-order valence-electron chi connectivity index (χ1n) is 9.12. The Bertz CT molecular complexity index is 938. The third kappa shape index (κ3) is 4.39. The average molecular weight is 387 g/mol. The molecule has 3 rings (SSSR count). The Morgan fingerprint density at radius 1 is 1.07 bits per heavy atom. The van der Waals surface area contributed by atoms with E-state index in [2.05, 4.69) is 5.32 Å². The van der Waals surface area contributed by atoms with Crippen molar-refractivity contribution in [2.45, 2.75) is 51.1 Å². The highest BCUT2D eigenvalue weighted by Gasteiger charge is 2.26. The van der Waals surface area contributed by atoms with Crippen LogP contribution < -0.4 is 5.32 Å². The number of aryl methyl sites for hydroxylation is 3. The largest absolute Gasteiger partial charge is 0.349 e. The number of nitrogens with one attached hydrogen (secondary N) is 1. The lowest BCUT2D eigenvalue weighted by atomic mass is 10.1. The molecule has 2 aromatic carbocycles. The van der Waals surface area contributed by atoms with E-state index in [0.717, 1.165) is 35.1 Å². The summed E-state index contributed by atoms with van der Waals surface area (Å²) in [4.78, 5) is 12.4. The van der Waals surface area contributed by atoms with E-state index >= 15 is 0 Å². The summed E-state index contributed by atoms with van der Waals surface area (Å²) in [6, 6.07) is 11.2. The Morgan fingerprint density at radius 3 is 2.15 bits per heavy atom. The molecule has 0 heterocycles. The molecule has 0 atom stereocenters. The summed E-state index contributed by atoms with van der Waals surface area (Å²) in [7, 11) is -2.01. The van der Waals surface area contributed by atoms with E-state index in [1.54, 1.807) is 19.2 Å². The van der Waals surface area contributed by atoms with Crippen molar-refractivity contribution in [2.24, 2.45) is 0 Å². The van der Waals surface area contributed by atoms with Gasteiger partial charge in [-0.3, -0.25) is 4.79 Å². The minimum absolute atomic E-state index is 0.0732. The lowest BCUT2D eigenvalue weighted by molar-refractivity contribution is 0.0951. The van der Waals surface area contributed by atoms with Gasteiger partial charge in [0.25, 0.3) is 5.91 Å². The molecular formula is C21H26N2O3S. The monoisotopic (exact) mass is 386 g/mol.